The SMILES string of the molecule is Cc1ccc(CN(CCN2CCN(Cc3ccccc3)CC2)C2CC2)s1. The second-order valence-corrected chi connectivity index (χ2v) is 9.19. The average Bonchev–Trinajstić information content (AvgIpc) is 3.43. The molecule has 1 aromatic carbocycles. The molecule has 0 atom stereocenters. The largest absolute Gasteiger partial charge is 0.300 e. The van der Waals surface area contributed by atoms with E-state index in [-0.39, 0.29) is 0 Å². The third-order valence-corrected chi connectivity index (χ3v) is 6.62. The summed E-state index contributed by atoms with van der Waals surface area (Å²) in [6, 6.07) is 16.3. The lowest BCUT2D eigenvalue weighted by molar-refractivity contribution is 0.111. The summed E-state index contributed by atoms with van der Waals surface area (Å²) in [7, 11) is 0. The maximum absolute atomic E-state index is 2.72. The Kier molecular flexibility index (Phi) is 6.05. The molecule has 0 bridgehead atoms. The number of piperazine rings is 1. The molecule has 0 N–H and O–H groups in total. The fraction of sp³-hybridized carbons (Fsp3) is 0.545. The fourth-order valence-electron chi connectivity index (χ4n) is 3.88. The Morgan fingerprint density at radius 1 is 0.962 bits per heavy atom. The number of thiophene rings is 1. The van der Waals surface area contributed by atoms with Crippen molar-refractivity contribution in [3.63, 3.8) is 0 Å². The van der Waals surface area contributed by atoms with Gasteiger partial charge in [-0.1, -0.05) is 30.3 Å². The number of hydrogen-bond acceptors (Lipinski definition) is 4. The van der Waals surface area contributed by atoms with E-state index in [9.17, 15) is 0 Å². The molecule has 4 heteroatoms. The number of hydrogen-bond donors (Lipinski definition) is 0. The van der Waals surface area contributed by atoms with Gasteiger partial charge >= 0.3 is 0 Å². The molecule has 26 heavy (non-hydrogen) atoms. The molecule has 2 heterocycles. The van der Waals surface area contributed by atoms with Gasteiger partial charge < -0.3 is 0 Å². The molecule has 1 aliphatic heterocycles. The fourth-order valence-corrected chi connectivity index (χ4v) is 4.80. The second kappa shape index (κ2) is 8.66. The van der Waals surface area contributed by atoms with Crippen molar-refractivity contribution < 1.29 is 0 Å². The Hall–Kier alpha value is -1.20. The van der Waals surface area contributed by atoms with E-state index in [0.717, 1.165) is 19.1 Å². The first-order chi connectivity index (χ1) is 12.8. The van der Waals surface area contributed by atoms with Gasteiger partial charge in [0.2, 0.25) is 0 Å². The first-order valence-electron chi connectivity index (χ1n) is 10.0. The van der Waals surface area contributed by atoms with Crippen LogP contribution in [-0.2, 0) is 13.1 Å². The second-order valence-electron chi connectivity index (χ2n) is 7.82. The van der Waals surface area contributed by atoms with E-state index in [2.05, 4.69) is 64.1 Å². The van der Waals surface area contributed by atoms with Crippen molar-refractivity contribution >= 4 is 11.3 Å². The number of nitrogens with zero attached hydrogens (tertiary/aromatic N) is 3. The van der Waals surface area contributed by atoms with E-state index >= 15 is 0 Å². The van der Waals surface area contributed by atoms with Gasteiger partial charge in [0.25, 0.3) is 0 Å². The predicted molar refractivity (Wildman–Crippen MR) is 111 cm³/mol. The highest BCUT2D eigenvalue weighted by Gasteiger charge is 2.29. The molecular weight excluding hydrogens is 338 g/mol. The van der Waals surface area contributed by atoms with Crippen LogP contribution in [-0.4, -0.2) is 60.0 Å². The van der Waals surface area contributed by atoms with Crippen molar-refractivity contribution in [2.45, 2.75) is 38.9 Å². The Balaban J connectivity index is 1.21. The van der Waals surface area contributed by atoms with Crippen LogP contribution >= 0.6 is 11.3 Å². The van der Waals surface area contributed by atoms with Crippen LogP contribution in [0.15, 0.2) is 42.5 Å². The molecule has 4 rings (SSSR count). The van der Waals surface area contributed by atoms with E-state index in [4.69, 9.17) is 0 Å². The zero-order valence-corrected chi connectivity index (χ0v) is 16.8. The first kappa shape index (κ1) is 18.2. The van der Waals surface area contributed by atoms with Gasteiger partial charge in [0.15, 0.2) is 0 Å². The molecule has 140 valence electrons. The average molecular weight is 370 g/mol. The van der Waals surface area contributed by atoms with Gasteiger partial charge in [-0.05, 0) is 37.5 Å². The summed E-state index contributed by atoms with van der Waals surface area (Å²) >= 11 is 1.96. The topological polar surface area (TPSA) is 9.72 Å². The van der Waals surface area contributed by atoms with Gasteiger partial charge in [-0.25, -0.2) is 0 Å². The van der Waals surface area contributed by atoms with Crippen LogP contribution in [0.2, 0.25) is 0 Å². The third kappa shape index (κ3) is 5.17. The van der Waals surface area contributed by atoms with Crippen molar-refractivity contribution in [1.82, 2.24) is 14.7 Å². The highest BCUT2D eigenvalue weighted by molar-refractivity contribution is 7.11. The van der Waals surface area contributed by atoms with Crippen molar-refractivity contribution in [3.8, 4) is 0 Å². The summed E-state index contributed by atoms with van der Waals surface area (Å²) in [6.07, 6.45) is 2.80. The van der Waals surface area contributed by atoms with Gasteiger partial charge in [0.1, 0.15) is 0 Å². The lowest BCUT2D eigenvalue weighted by Crippen LogP contribution is -2.48. The molecule has 1 aliphatic carbocycles. The van der Waals surface area contributed by atoms with Crippen molar-refractivity contribution in [2.75, 3.05) is 39.3 Å². The third-order valence-electron chi connectivity index (χ3n) is 5.64. The normalized spacial score (nSPS) is 19.3. The Bertz CT molecular complexity index is 672. The van der Waals surface area contributed by atoms with E-state index in [1.54, 1.807) is 0 Å². The number of aryl methyl sites for hydroxylation is 1. The summed E-state index contributed by atoms with van der Waals surface area (Å²) in [5, 5.41) is 0. The zero-order valence-electron chi connectivity index (χ0n) is 15.9. The minimum absolute atomic E-state index is 0.844. The van der Waals surface area contributed by atoms with E-state index in [0.29, 0.717) is 0 Å². The minimum Gasteiger partial charge on any atom is -0.300 e. The summed E-state index contributed by atoms with van der Waals surface area (Å²) in [5.41, 5.74) is 1.44. The van der Waals surface area contributed by atoms with E-state index in [1.165, 1.54) is 67.4 Å². The lowest BCUT2D eigenvalue weighted by atomic mass is 10.2. The highest BCUT2D eigenvalue weighted by atomic mass is 32.1. The predicted octanol–water partition coefficient (Wildman–Crippen LogP) is 3.84. The zero-order chi connectivity index (χ0) is 17.8. The lowest BCUT2D eigenvalue weighted by Gasteiger charge is -2.36. The molecule has 2 fully saturated rings. The van der Waals surface area contributed by atoms with Crippen molar-refractivity contribution in [3.05, 3.63) is 57.8 Å². The minimum atomic E-state index is 0.844. The van der Waals surface area contributed by atoms with Crippen LogP contribution in [0.3, 0.4) is 0 Å². The van der Waals surface area contributed by atoms with Crippen LogP contribution in [0.25, 0.3) is 0 Å². The van der Waals surface area contributed by atoms with Crippen molar-refractivity contribution in [2.24, 2.45) is 0 Å². The van der Waals surface area contributed by atoms with E-state index in [1.807, 2.05) is 11.3 Å². The van der Waals surface area contributed by atoms with E-state index < -0.39 is 0 Å². The molecule has 2 aromatic rings. The Labute approximate surface area is 162 Å². The number of benzene rings is 1. The maximum atomic E-state index is 2.72. The van der Waals surface area contributed by atoms with Crippen molar-refractivity contribution in [1.29, 1.82) is 0 Å². The summed E-state index contributed by atoms with van der Waals surface area (Å²) in [5.74, 6) is 0. The smallest absolute Gasteiger partial charge is 0.0331 e. The standard InChI is InChI=1S/C22H31N3S/c1-19-7-10-22(26-19)18-25(21-8-9-21)16-15-23-11-13-24(14-12-23)17-20-5-3-2-4-6-20/h2-7,10,21H,8-9,11-18H2,1H3. The first-order valence-corrected chi connectivity index (χ1v) is 10.9. The molecule has 0 unspecified atom stereocenters. The molecule has 1 saturated carbocycles. The highest BCUT2D eigenvalue weighted by Crippen LogP contribution is 2.29. The quantitative estimate of drug-likeness (QED) is 0.700. The molecule has 1 aromatic heterocycles. The van der Waals surface area contributed by atoms with Gasteiger partial charge in [-0.3, -0.25) is 14.7 Å². The number of rotatable bonds is 8. The Morgan fingerprint density at radius 3 is 2.35 bits per heavy atom. The molecular formula is C22H31N3S. The molecule has 0 spiro atoms. The van der Waals surface area contributed by atoms with Gasteiger partial charge in [-0.2, -0.15) is 0 Å². The molecule has 0 amide bonds. The summed E-state index contributed by atoms with van der Waals surface area (Å²) in [6.45, 7) is 11.7. The molecule has 0 radical (unpaired) electrons. The molecule has 3 nitrogen and oxygen atoms in total. The van der Waals surface area contributed by atoms with Gasteiger partial charge in [-0.15, -0.1) is 11.3 Å². The summed E-state index contributed by atoms with van der Waals surface area (Å²) < 4.78 is 0. The monoisotopic (exact) mass is 369 g/mol. The molecule has 2 aliphatic rings. The van der Waals surface area contributed by atoms with Crippen LogP contribution in [0.4, 0.5) is 0 Å². The van der Waals surface area contributed by atoms with Crippen LogP contribution < -0.4 is 0 Å². The Morgan fingerprint density at radius 2 is 1.69 bits per heavy atom. The van der Waals surface area contributed by atoms with Crippen LogP contribution in [0.1, 0.15) is 28.2 Å². The molecule has 1 saturated heterocycles. The van der Waals surface area contributed by atoms with Gasteiger partial charge in [0.05, 0.1) is 0 Å². The maximum Gasteiger partial charge on any atom is 0.0331 e. The van der Waals surface area contributed by atoms with Gasteiger partial charge in [0, 0.05) is 68.2 Å². The van der Waals surface area contributed by atoms with Crippen LogP contribution in [0.5, 0.6) is 0 Å². The summed E-state index contributed by atoms with van der Waals surface area (Å²) in [4.78, 5) is 10.9. The van der Waals surface area contributed by atoms with Crippen LogP contribution in [0, 0.1) is 6.92 Å².